The van der Waals surface area contributed by atoms with E-state index in [1.54, 1.807) is 12.1 Å². The van der Waals surface area contributed by atoms with Crippen molar-refractivity contribution in [3.63, 3.8) is 0 Å². The van der Waals surface area contributed by atoms with E-state index >= 15 is 0 Å². The predicted octanol–water partition coefficient (Wildman–Crippen LogP) is 5.83. The number of amides is 1. The van der Waals surface area contributed by atoms with Crippen molar-refractivity contribution in [2.24, 2.45) is 0 Å². The molecule has 0 spiro atoms. The molecule has 0 atom stereocenters. The van der Waals surface area contributed by atoms with Crippen molar-refractivity contribution in [3.8, 4) is 0 Å². The predicted molar refractivity (Wildman–Crippen MR) is 97.4 cm³/mol. The number of thioether (sulfide) groups is 1. The van der Waals surface area contributed by atoms with E-state index in [-0.39, 0.29) is 5.91 Å². The van der Waals surface area contributed by atoms with Crippen LogP contribution in [0.1, 0.15) is 11.1 Å². The normalized spacial score (nSPS) is 10.5. The van der Waals surface area contributed by atoms with Crippen molar-refractivity contribution in [2.75, 3.05) is 11.1 Å². The number of rotatable bonds is 5. The van der Waals surface area contributed by atoms with Gasteiger partial charge in [-0.2, -0.15) is 0 Å². The highest BCUT2D eigenvalue weighted by Crippen LogP contribution is 2.31. The zero-order valence-electron chi connectivity index (χ0n) is 11.8. The molecule has 0 saturated heterocycles. The van der Waals surface area contributed by atoms with Crippen LogP contribution in [0.15, 0.2) is 36.4 Å². The zero-order valence-corrected chi connectivity index (χ0v) is 14.9. The highest BCUT2D eigenvalue weighted by Gasteiger charge is 2.09. The van der Waals surface area contributed by atoms with E-state index in [1.165, 1.54) is 11.8 Å². The van der Waals surface area contributed by atoms with Gasteiger partial charge in [-0.3, -0.25) is 4.79 Å². The van der Waals surface area contributed by atoms with E-state index in [0.717, 1.165) is 16.8 Å². The first kappa shape index (κ1) is 17.5. The van der Waals surface area contributed by atoms with Gasteiger partial charge in [-0.1, -0.05) is 52.5 Å². The molecular weight excluding hydrogens is 361 g/mol. The van der Waals surface area contributed by atoms with Crippen molar-refractivity contribution in [1.29, 1.82) is 0 Å². The minimum Gasteiger partial charge on any atom is -0.325 e. The van der Waals surface area contributed by atoms with Gasteiger partial charge in [0.25, 0.3) is 0 Å². The molecule has 0 radical (unpaired) electrons. The molecule has 116 valence electrons. The van der Waals surface area contributed by atoms with Crippen molar-refractivity contribution >= 4 is 58.2 Å². The molecule has 0 aromatic heterocycles. The summed E-state index contributed by atoms with van der Waals surface area (Å²) in [5, 5.41) is 4.38. The fraction of sp³-hybridized carbons (Fsp3) is 0.188. The number of halogens is 3. The van der Waals surface area contributed by atoms with Crippen LogP contribution in [0.3, 0.4) is 0 Å². The number of anilines is 1. The summed E-state index contributed by atoms with van der Waals surface area (Å²) >= 11 is 19.5. The first-order chi connectivity index (χ1) is 10.5. The number of nitrogens with one attached hydrogen (secondary N) is 1. The van der Waals surface area contributed by atoms with E-state index in [0.29, 0.717) is 26.6 Å². The number of benzene rings is 2. The molecule has 0 unspecified atom stereocenters. The number of carbonyl (C=O) groups excluding carboxylic acids is 1. The minimum atomic E-state index is -0.0601. The second-order valence-corrected chi connectivity index (χ2v) is 6.99. The SMILES string of the molecule is Cc1ccc(NC(=O)CSCc2c(Cl)cc(Cl)cc2Cl)cc1. The molecule has 0 fully saturated rings. The quantitative estimate of drug-likeness (QED) is 0.713. The highest BCUT2D eigenvalue weighted by molar-refractivity contribution is 7.99. The maximum Gasteiger partial charge on any atom is 0.234 e. The average Bonchev–Trinajstić information content (AvgIpc) is 2.44. The van der Waals surface area contributed by atoms with Crippen LogP contribution in [0.2, 0.25) is 15.1 Å². The van der Waals surface area contributed by atoms with Crippen LogP contribution in [-0.4, -0.2) is 11.7 Å². The first-order valence-corrected chi connectivity index (χ1v) is 8.82. The molecule has 1 N–H and O–H groups in total. The Balaban J connectivity index is 1.86. The third-order valence-corrected chi connectivity index (χ3v) is 4.77. The molecule has 0 heterocycles. The lowest BCUT2D eigenvalue weighted by Gasteiger charge is -2.08. The highest BCUT2D eigenvalue weighted by atomic mass is 35.5. The fourth-order valence-electron chi connectivity index (χ4n) is 1.79. The number of carbonyl (C=O) groups is 1. The van der Waals surface area contributed by atoms with Crippen LogP contribution in [0, 0.1) is 6.92 Å². The summed E-state index contributed by atoms with van der Waals surface area (Å²) in [5.41, 5.74) is 2.74. The maximum atomic E-state index is 11.9. The van der Waals surface area contributed by atoms with Crippen LogP contribution in [0.4, 0.5) is 5.69 Å². The van der Waals surface area contributed by atoms with Gasteiger partial charge in [-0.25, -0.2) is 0 Å². The van der Waals surface area contributed by atoms with Crippen LogP contribution in [0.5, 0.6) is 0 Å². The molecule has 0 aliphatic carbocycles. The lowest BCUT2D eigenvalue weighted by atomic mass is 10.2. The van der Waals surface area contributed by atoms with Gasteiger partial charge in [0.2, 0.25) is 5.91 Å². The second kappa shape index (κ2) is 8.11. The molecule has 2 aromatic rings. The number of hydrogen-bond donors (Lipinski definition) is 1. The lowest BCUT2D eigenvalue weighted by Crippen LogP contribution is -2.14. The average molecular weight is 375 g/mol. The molecule has 1 amide bonds. The Morgan fingerprint density at radius 3 is 2.27 bits per heavy atom. The van der Waals surface area contributed by atoms with Crippen molar-refractivity contribution in [1.82, 2.24) is 0 Å². The van der Waals surface area contributed by atoms with Gasteiger partial charge in [0, 0.05) is 26.5 Å². The molecule has 22 heavy (non-hydrogen) atoms. The van der Waals surface area contributed by atoms with E-state index in [4.69, 9.17) is 34.8 Å². The van der Waals surface area contributed by atoms with Crippen molar-refractivity contribution in [3.05, 3.63) is 62.6 Å². The summed E-state index contributed by atoms with van der Waals surface area (Å²) in [7, 11) is 0. The monoisotopic (exact) mass is 373 g/mol. The molecule has 0 saturated carbocycles. The first-order valence-electron chi connectivity index (χ1n) is 6.53. The Hall–Kier alpha value is -0.870. The Bertz CT molecular complexity index is 651. The van der Waals surface area contributed by atoms with Crippen molar-refractivity contribution < 1.29 is 4.79 Å². The molecule has 6 heteroatoms. The zero-order chi connectivity index (χ0) is 16.1. The third-order valence-electron chi connectivity index (χ3n) is 2.92. The summed E-state index contributed by atoms with van der Waals surface area (Å²) in [5.74, 6) is 0.814. The minimum absolute atomic E-state index is 0.0601. The fourth-order valence-corrected chi connectivity index (χ4v) is 3.77. The Morgan fingerprint density at radius 1 is 1.09 bits per heavy atom. The second-order valence-electron chi connectivity index (χ2n) is 4.75. The van der Waals surface area contributed by atoms with E-state index < -0.39 is 0 Å². The van der Waals surface area contributed by atoms with Gasteiger partial charge in [-0.15, -0.1) is 11.8 Å². The molecule has 2 nitrogen and oxygen atoms in total. The van der Waals surface area contributed by atoms with Crippen molar-refractivity contribution in [2.45, 2.75) is 12.7 Å². The molecule has 0 bridgehead atoms. The summed E-state index contributed by atoms with van der Waals surface area (Å²) in [6, 6.07) is 11.0. The van der Waals surface area contributed by atoms with Gasteiger partial charge in [-0.05, 0) is 36.8 Å². The molecule has 0 aliphatic rings. The summed E-state index contributed by atoms with van der Waals surface area (Å²) < 4.78 is 0. The molecule has 2 aromatic carbocycles. The van der Waals surface area contributed by atoms with Crippen LogP contribution in [-0.2, 0) is 10.5 Å². The smallest absolute Gasteiger partial charge is 0.234 e. The van der Waals surface area contributed by atoms with Gasteiger partial charge in [0.15, 0.2) is 0 Å². The lowest BCUT2D eigenvalue weighted by molar-refractivity contribution is -0.113. The van der Waals surface area contributed by atoms with E-state index in [9.17, 15) is 4.79 Å². The maximum absolute atomic E-state index is 11.9. The van der Waals surface area contributed by atoms with E-state index in [1.807, 2.05) is 31.2 Å². The Kier molecular flexibility index (Phi) is 6.45. The topological polar surface area (TPSA) is 29.1 Å². The summed E-state index contributed by atoms with van der Waals surface area (Å²) in [6.07, 6.45) is 0. The van der Waals surface area contributed by atoms with E-state index in [2.05, 4.69) is 5.32 Å². The molecule has 0 aliphatic heterocycles. The summed E-state index contributed by atoms with van der Waals surface area (Å²) in [4.78, 5) is 11.9. The van der Waals surface area contributed by atoms with Gasteiger partial charge in [0.05, 0.1) is 5.75 Å². The largest absolute Gasteiger partial charge is 0.325 e. The Labute approximate surface area is 149 Å². The standard InChI is InChI=1S/C16H14Cl3NOS/c1-10-2-4-12(5-3-10)20-16(21)9-22-8-13-14(18)6-11(17)7-15(13)19/h2-7H,8-9H2,1H3,(H,20,21). The number of aryl methyl sites for hydroxylation is 1. The van der Waals surface area contributed by atoms with Gasteiger partial charge < -0.3 is 5.32 Å². The molecule has 2 rings (SSSR count). The van der Waals surface area contributed by atoms with Gasteiger partial charge in [0.1, 0.15) is 0 Å². The third kappa shape index (κ3) is 5.10. The molecular formula is C16H14Cl3NOS. The van der Waals surface area contributed by atoms with Crippen LogP contribution in [0.25, 0.3) is 0 Å². The Morgan fingerprint density at radius 2 is 1.68 bits per heavy atom. The van der Waals surface area contributed by atoms with Crippen LogP contribution >= 0.6 is 46.6 Å². The summed E-state index contributed by atoms with van der Waals surface area (Å²) in [6.45, 7) is 2.00. The number of hydrogen-bond acceptors (Lipinski definition) is 2. The van der Waals surface area contributed by atoms with Crippen LogP contribution < -0.4 is 5.32 Å². The van der Waals surface area contributed by atoms with Gasteiger partial charge >= 0.3 is 0 Å².